The van der Waals surface area contributed by atoms with Gasteiger partial charge in [0.05, 0.1) is 24.5 Å². The fourth-order valence-corrected chi connectivity index (χ4v) is 2.32. The number of nitrogens with one attached hydrogen (secondary N) is 1. The topological polar surface area (TPSA) is 52.2 Å². The second-order valence-corrected chi connectivity index (χ2v) is 5.77. The van der Waals surface area contributed by atoms with Crippen LogP contribution in [0.15, 0.2) is 42.9 Å². The molecule has 1 unspecified atom stereocenters. The van der Waals surface area contributed by atoms with E-state index in [1.54, 1.807) is 12.5 Å². The summed E-state index contributed by atoms with van der Waals surface area (Å²) in [5.74, 6) is -0.00562. The van der Waals surface area contributed by atoms with Gasteiger partial charge in [0.2, 0.25) is 5.91 Å². The number of rotatable bonds is 7. The van der Waals surface area contributed by atoms with Gasteiger partial charge in [-0.1, -0.05) is 30.3 Å². The first-order valence-corrected chi connectivity index (χ1v) is 7.53. The predicted octanol–water partition coefficient (Wildman–Crippen LogP) is 2.10. The largest absolute Gasteiger partial charge is 0.347 e. The summed E-state index contributed by atoms with van der Waals surface area (Å²) >= 11 is 0. The van der Waals surface area contributed by atoms with Crippen molar-refractivity contribution in [3.05, 3.63) is 54.1 Å². The minimum absolute atomic E-state index is 0.141. The van der Waals surface area contributed by atoms with Crippen molar-refractivity contribution in [3.8, 4) is 0 Å². The lowest BCUT2D eigenvalue weighted by Gasteiger charge is -2.27. The van der Waals surface area contributed by atoms with Gasteiger partial charge in [-0.05, 0) is 26.6 Å². The molecule has 5 nitrogen and oxygen atoms in total. The Morgan fingerprint density at radius 1 is 1.23 bits per heavy atom. The van der Waals surface area contributed by atoms with Crippen LogP contribution in [-0.2, 0) is 11.3 Å². The monoisotopic (exact) mass is 300 g/mol. The molecule has 1 aromatic heterocycles. The molecule has 1 N–H and O–H groups in total. The highest BCUT2D eigenvalue weighted by atomic mass is 16.2. The molecule has 0 saturated carbocycles. The van der Waals surface area contributed by atoms with E-state index >= 15 is 0 Å². The maximum atomic E-state index is 12.9. The number of likely N-dealkylation sites (N-methyl/N-ethyl adjacent to an activating group) is 1. The molecule has 1 aromatic carbocycles. The van der Waals surface area contributed by atoms with Gasteiger partial charge < -0.3 is 14.8 Å². The van der Waals surface area contributed by atoms with E-state index in [0.29, 0.717) is 13.1 Å². The van der Waals surface area contributed by atoms with Crippen LogP contribution in [0.2, 0.25) is 0 Å². The summed E-state index contributed by atoms with van der Waals surface area (Å²) in [6, 6.07) is 9.91. The molecule has 1 heterocycles. The average molecular weight is 300 g/mol. The van der Waals surface area contributed by atoms with Crippen molar-refractivity contribution in [1.82, 2.24) is 19.8 Å². The number of aromatic amines is 1. The first kappa shape index (κ1) is 16.2. The van der Waals surface area contributed by atoms with Crippen LogP contribution in [0.1, 0.15) is 24.1 Å². The van der Waals surface area contributed by atoms with E-state index < -0.39 is 0 Å². The molecule has 1 amide bonds. The van der Waals surface area contributed by atoms with Crippen LogP contribution in [0.25, 0.3) is 0 Å². The van der Waals surface area contributed by atoms with Crippen LogP contribution in [0, 0.1) is 0 Å². The lowest BCUT2D eigenvalue weighted by molar-refractivity contribution is -0.133. The minimum Gasteiger partial charge on any atom is -0.347 e. The summed E-state index contributed by atoms with van der Waals surface area (Å²) in [5.41, 5.74) is 2.00. The SMILES string of the molecule is CC(C(=O)N(CCN(C)C)Cc1cnc[nH]1)c1ccccc1. The molecule has 0 radical (unpaired) electrons. The van der Waals surface area contributed by atoms with Gasteiger partial charge in [-0.25, -0.2) is 4.98 Å². The Kier molecular flexibility index (Phi) is 5.72. The number of H-pyrrole nitrogens is 1. The summed E-state index contributed by atoms with van der Waals surface area (Å²) in [7, 11) is 4.03. The lowest BCUT2D eigenvalue weighted by atomic mass is 9.99. The van der Waals surface area contributed by atoms with Gasteiger partial charge in [-0.3, -0.25) is 4.79 Å². The lowest BCUT2D eigenvalue weighted by Crippen LogP contribution is -2.38. The molecule has 0 spiro atoms. The number of carbonyl (C=O) groups excluding carboxylic acids is 1. The molecule has 0 aliphatic heterocycles. The first-order valence-electron chi connectivity index (χ1n) is 7.53. The van der Waals surface area contributed by atoms with Gasteiger partial charge in [0.15, 0.2) is 0 Å². The maximum Gasteiger partial charge on any atom is 0.230 e. The highest BCUT2D eigenvalue weighted by Gasteiger charge is 2.22. The minimum atomic E-state index is -0.147. The molecule has 2 aromatic rings. The Bertz CT molecular complexity index is 566. The smallest absolute Gasteiger partial charge is 0.230 e. The van der Waals surface area contributed by atoms with Crippen LogP contribution in [0.5, 0.6) is 0 Å². The Hall–Kier alpha value is -2.14. The average Bonchev–Trinajstić information content (AvgIpc) is 3.03. The third-order valence-corrected chi connectivity index (χ3v) is 3.71. The van der Waals surface area contributed by atoms with Gasteiger partial charge in [0, 0.05) is 19.3 Å². The number of benzene rings is 1. The normalized spacial score (nSPS) is 12.4. The molecular weight excluding hydrogens is 276 g/mol. The second kappa shape index (κ2) is 7.75. The quantitative estimate of drug-likeness (QED) is 0.852. The van der Waals surface area contributed by atoms with Crippen molar-refractivity contribution in [2.45, 2.75) is 19.4 Å². The molecule has 0 bridgehead atoms. The number of amides is 1. The van der Waals surface area contributed by atoms with E-state index in [0.717, 1.165) is 17.8 Å². The number of imidazole rings is 1. The van der Waals surface area contributed by atoms with Gasteiger partial charge >= 0.3 is 0 Å². The number of hydrogen-bond acceptors (Lipinski definition) is 3. The zero-order chi connectivity index (χ0) is 15.9. The van der Waals surface area contributed by atoms with Crippen LogP contribution < -0.4 is 0 Å². The molecule has 2 rings (SSSR count). The highest BCUT2D eigenvalue weighted by Crippen LogP contribution is 2.18. The van der Waals surface area contributed by atoms with E-state index in [2.05, 4.69) is 14.9 Å². The summed E-state index contributed by atoms with van der Waals surface area (Å²) in [6.07, 6.45) is 3.41. The zero-order valence-corrected chi connectivity index (χ0v) is 13.5. The van der Waals surface area contributed by atoms with E-state index in [4.69, 9.17) is 0 Å². The van der Waals surface area contributed by atoms with Gasteiger partial charge in [-0.15, -0.1) is 0 Å². The Morgan fingerprint density at radius 2 is 1.95 bits per heavy atom. The molecule has 0 aliphatic carbocycles. The third-order valence-electron chi connectivity index (χ3n) is 3.71. The molecular formula is C17H24N4O. The van der Waals surface area contributed by atoms with Crippen LogP contribution in [0.3, 0.4) is 0 Å². The zero-order valence-electron chi connectivity index (χ0n) is 13.5. The van der Waals surface area contributed by atoms with Crippen molar-refractivity contribution in [1.29, 1.82) is 0 Å². The number of carbonyl (C=O) groups is 1. The summed E-state index contributed by atoms with van der Waals surface area (Å²) in [5, 5.41) is 0. The maximum absolute atomic E-state index is 12.9. The van der Waals surface area contributed by atoms with Crippen molar-refractivity contribution in [2.24, 2.45) is 0 Å². The Labute approximate surface area is 132 Å². The van der Waals surface area contributed by atoms with Crippen molar-refractivity contribution >= 4 is 5.91 Å². The molecule has 5 heteroatoms. The highest BCUT2D eigenvalue weighted by molar-refractivity contribution is 5.83. The van der Waals surface area contributed by atoms with Gasteiger partial charge in [0.25, 0.3) is 0 Å². The number of hydrogen-bond donors (Lipinski definition) is 1. The Balaban J connectivity index is 2.10. The van der Waals surface area contributed by atoms with Crippen molar-refractivity contribution in [3.63, 3.8) is 0 Å². The molecule has 1 atom stereocenters. The molecule has 0 saturated heterocycles. The third kappa shape index (κ3) is 4.43. The molecule has 0 fully saturated rings. The van der Waals surface area contributed by atoms with Crippen molar-refractivity contribution < 1.29 is 4.79 Å². The van der Waals surface area contributed by atoms with Crippen LogP contribution >= 0.6 is 0 Å². The second-order valence-electron chi connectivity index (χ2n) is 5.77. The molecule has 118 valence electrons. The first-order chi connectivity index (χ1) is 10.6. The Morgan fingerprint density at radius 3 is 2.55 bits per heavy atom. The van der Waals surface area contributed by atoms with Gasteiger partial charge in [0.1, 0.15) is 0 Å². The van der Waals surface area contributed by atoms with Gasteiger partial charge in [-0.2, -0.15) is 0 Å². The fourth-order valence-electron chi connectivity index (χ4n) is 2.32. The van der Waals surface area contributed by atoms with E-state index in [1.165, 1.54) is 0 Å². The standard InChI is InChI=1S/C17H24N4O/c1-14(15-7-5-4-6-8-15)17(22)21(10-9-20(2)3)12-16-11-18-13-19-16/h4-8,11,13-14H,9-10,12H2,1-3H3,(H,18,19). The molecule has 22 heavy (non-hydrogen) atoms. The molecule has 0 aliphatic rings. The van der Waals surface area contributed by atoms with Crippen LogP contribution in [-0.4, -0.2) is 52.9 Å². The summed E-state index contributed by atoms with van der Waals surface area (Å²) in [6.45, 7) is 4.06. The fraction of sp³-hybridized carbons (Fsp3) is 0.412. The van der Waals surface area contributed by atoms with E-state index in [9.17, 15) is 4.79 Å². The van der Waals surface area contributed by atoms with E-state index in [1.807, 2.05) is 56.3 Å². The van der Waals surface area contributed by atoms with E-state index in [-0.39, 0.29) is 11.8 Å². The van der Waals surface area contributed by atoms with Crippen molar-refractivity contribution in [2.75, 3.05) is 27.2 Å². The number of nitrogens with zero attached hydrogens (tertiary/aromatic N) is 3. The summed E-state index contributed by atoms with van der Waals surface area (Å²) in [4.78, 5) is 23.9. The predicted molar refractivity (Wildman–Crippen MR) is 87.4 cm³/mol. The summed E-state index contributed by atoms with van der Waals surface area (Å²) < 4.78 is 0. The van der Waals surface area contributed by atoms with Crippen LogP contribution in [0.4, 0.5) is 0 Å². The number of aromatic nitrogens is 2.